The summed E-state index contributed by atoms with van der Waals surface area (Å²) in [5.74, 6) is 0.494. The molecule has 0 saturated heterocycles. The molecule has 0 saturated carbocycles. The molecule has 0 aliphatic carbocycles. The minimum atomic E-state index is -0.414. The molecule has 1 heterocycles. The second kappa shape index (κ2) is 7.39. The molecule has 3 rings (SSSR count). The molecule has 2 aromatic rings. The van der Waals surface area contributed by atoms with Gasteiger partial charge in [-0.15, -0.1) is 0 Å². The first-order valence-corrected chi connectivity index (χ1v) is 9.27. The Hall–Kier alpha value is -2.89. The summed E-state index contributed by atoms with van der Waals surface area (Å²) in [5, 5.41) is 15.0. The highest BCUT2D eigenvalue weighted by molar-refractivity contribution is 5.82. The summed E-state index contributed by atoms with van der Waals surface area (Å²) in [6, 6.07) is 12.7. The molecular weight excluding hydrogens is 340 g/mol. The van der Waals surface area contributed by atoms with E-state index in [4.69, 9.17) is 0 Å². The molecule has 1 aliphatic rings. The van der Waals surface area contributed by atoms with E-state index in [0.29, 0.717) is 11.6 Å². The monoisotopic (exact) mass is 366 g/mol. The maximum atomic E-state index is 10.7. The van der Waals surface area contributed by atoms with Crippen molar-refractivity contribution >= 4 is 23.3 Å². The molecule has 0 bridgehead atoms. The quantitative estimate of drug-likeness (QED) is 0.451. The number of hydrazone groups is 1. The number of nitrogens with zero attached hydrogens (tertiary/aromatic N) is 3. The van der Waals surface area contributed by atoms with E-state index in [0.717, 1.165) is 18.5 Å². The lowest BCUT2D eigenvalue weighted by Crippen LogP contribution is -2.48. The Labute approximate surface area is 160 Å². The highest BCUT2D eigenvalue weighted by Gasteiger charge is 2.35. The summed E-state index contributed by atoms with van der Waals surface area (Å²) in [7, 11) is 0. The van der Waals surface area contributed by atoms with Crippen LogP contribution in [0.4, 0.5) is 17.1 Å². The minimum absolute atomic E-state index is 0.0663. The Balaban J connectivity index is 1.76. The largest absolute Gasteiger partial charge is 0.366 e. The molecule has 2 aromatic carbocycles. The van der Waals surface area contributed by atoms with Gasteiger partial charge in [0.2, 0.25) is 0 Å². The van der Waals surface area contributed by atoms with E-state index < -0.39 is 4.92 Å². The van der Waals surface area contributed by atoms with Crippen molar-refractivity contribution in [2.75, 3.05) is 16.9 Å². The van der Waals surface area contributed by atoms with Gasteiger partial charge in [-0.2, -0.15) is 5.10 Å². The summed E-state index contributed by atoms with van der Waals surface area (Å²) >= 11 is 0. The standard InChI is InChI=1S/C21H26N4O2/c1-5-24-20-11-6-16(12-19(20)15(2)13-21(24,3)4)14-22-23-17-7-9-18(10-8-17)25(26)27/h6-12,14-15,23H,5,13H2,1-4H3/b22-14-. The third kappa shape index (κ3) is 3.94. The Morgan fingerprint density at radius 3 is 2.63 bits per heavy atom. The van der Waals surface area contributed by atoms with Crippen LogP contribution in [0, 0.1) is 10.1 Å². The number of fused-ring (bicyclic) bond motifs is 1. The van der Waals surface area contributed by atoms with Crippen LogP contribution in [0.25, 0.3) is 0 Å². The van der Waals surface area contributed by atoms with Crippen molar-refractivity contribution in [1.29, 1.82) is 0 Å². The number of non-ortho nitro benzene ring substituents is 1. The summed E-state index contributed by atoms with van der Waals surface area (Å²) in [6.45, 7) is 10.1. The van der Waals surface area contributed by atoms with E-state index in [9.17, 15) is 10.1 Å². The first-order chi connectivity index (χ1) is 12.8. The van der Waals surface area contributed by atoms with Gasteiger partial charge in [-0.1, -0.05) is 13.0 Å². The van der Waals surface area contributed by atoms with Gasteiger partial charge in [0.1, 0.15) is 0 Å². The van der Waals surface area contributed by atoms with Crippen LogP contribution in [0.2, 0.25) is 0 Å². The molecule has 27 heavy (non-hydrogen) atoms. The minimum Gasteiger partial charge on any atom is -0.366 e. The number of hydrogen-bond acceptors (Lipinski definition) is 5. The van der Waals surface area contributed by atoms with Gasteiger partial charge < -0.3 is 4.90 Å². The fourth-order valence-corrected chi connectivity index (χ4v) is 4.03. The van der Waals surface area contributed by atoms with E-state index in [1.54, 1.807) is 18.3 Å². The van der Waals surface area contributed by atoms with Crippen LogP contribution < -0.4 is 10.3 Å². The third-order valence-corrected chi connectivity index (χ3v) is 5.21. The maximum absolute atomic E-state index is 10.7. The predicted octanol–water partition coefficient (Wildman–Crippen LogP) is 5.15. The van der Waals surface area contributed by atoms with Crippen LogP contribution >= 0.6 is 0 Å². The van der Waals surface area contributed by atoms with Gasteiger partial charge in [0.25, 0.3) is 5.69 Å². The zero-order chi connectivity index (χ0) is 19.6. The number of nitrogens with one attached hydrogen (secondary N) is 1. The van der Waals surface area contributed by atoms with Gasteiger partial charge in [0.05, 0.1) is 16.8 Å². The molecule has 6 heteroatoms. The van der Waals surface area contributed by atoms with Crippen LogP contribution in [0.3, 0.4) is 0 Å². The lowest BCUT2D eigenvalue weighted by atomic mass is 9.79. The summed E-state index contributed by atoms with van der Waals surface area (Å²) in [6.07, 6.45) is 2.90. The zero-order valence-electron chi connectivity index (χ0n) is 16.3. The predicted molar refractivity (Wildman–Crippen MR) is 111 cm³/mol. The van der Waals surface area contributed by atoms with Gasteiger partial charge in [0, 0.05) is 29.9 Å². The molecule has 1 atom stereocenters. The topological polar surface area (TPSA) is 70.8 Å². The molecule has 1 aliphatic heterocycles. The molecule has 0 amide bonds. The fourth-order valence-electron chi connectivity index (χ4n) is 4.03. The first kappa shape index (κ1) is 18.9. The van der Waals surface area contributed by atoms with E-state index in [-0.39, 0.29) is 11.2 Å². The van der Waals surface area contributed by atoms with Gasteiger partial charge in [0.15, 0.2) is 0 Å². The van der Waals surface area contributed by atoms with E-state index in [1.807, 2.05) is 0 Å². The average Bonchev–Trinajstić information content (AvgIpc) is 2.62. The number of nitro benzene ring substituents is 1. The summed E-state index contributed by atoms with van der Waals surface area (Å²) in [5.41, 5.74) is 7.55. The summed E-state index contributed by atoms with van der Waals surface area (Å²) in [4.78, 5) is 12.7. The number of benzene rings is 2. The molecule has 0 spiro atoms. The Morgan fingerprint density at radius 1 is 1.30 bits per heavy atom. The Kier molecular flexibility index (Phi) is 5.17. The number of hydrogen-bond donors (Lipinski definition) is 1. The molecule has 1 unspecified atom stereocenters. The van der Waals surface area contributed by atoms with E-state index in [1.165, 1.54) is 23.4 Å². The summed E-state index contributed by atoms with van der Waals surface area (Å²) < 4.78 is 0. The van der Waals surface area contributed by atoms with Gasteiger partial charge in [-0.3, -0.25) is 15.5 Å². The van der Waals surface area contributed by atoms with Crippen LogP contribution in [0.1, 0.15) is 51.2 Å². The van der Waals surface area contributed by atoms with Crippen LogP contribution in [-0.2, 0) is 0 Å². The van der Waals surface area contributed by atoms with Gasteiger partial charge in [-0.05, 0) is 68.5 Å². The van der Waals surface area contributed by atoms with Gasteiger partial charge >= 0.3 is 0 Å². The Bertz CT molecular complexity index is 859. The van der Waals surface area contributed by atoms with Crippen molar-refractivity contribution in [2.24, 2.45) is 5.10 Å². The number of rotatable bonds is 5. The smallest absolute Gasteiger partial charge is 0.269 e. The highest BCUT2D eigenvalue weighted by Crippen LogP contribution is 2.43. The average molecular weight is 366 g/mol. The molecule has 142 valence electrons. The molecular formula is C21H26N4O2. The Morgan fingerprint density at radius 2 is 2.00 bits per heavy atom. The molecule has 6 nitrogen and oxygen atoms in total. The molecule has 0 radical (unpaired) electrons. The normalized spacial score (nSPS) is 18.4. The first-order valence-electron chi connectivity index (χ1n) is 9.27. The van der Waals surface area contributed by atoms with Crippen molar-refractivity contribution in [2.45, 2.75) is 45.6 Å². The van der Waals surface area contributed by atoms with Crippen LogP contribution in [-0.4, -0.2) is 23.2 Å². The SMILES string of the molecule is CCN1c2ccc(/C=N\Nc3ccc([N+](=O)[O-])cc3)cc2C(C)CC1(C)C. The fraction of sp³-hybridized carbons (Fsp3) is 0.381. The zero-order valence-corrected chi connectivity index (χ0v) is 16.3. The number of anilines is 2. The lowest BCUT2D eigenvalue weighted by Gasteiger charge is -2.47. The highest BCUT2D eigenvalue weighted by atomic mass is 16.6. The molecule has 0 aromatic heterocycles. The number of nitro groups is 1. The van der Waals surface area contributed by atoms with Crippen molar-refractivity contribution in [3.63, 3.8) is 0 Å². The lowest BCUT2D eigenvalue weighted by molar-refractivity contribution is -0.384. The molecule has 1 N–H and O–H groups in total. The third-order valence-electron chi connectivity index (χ3n) is 5.21. The van der Waals surface area contributed by atoms with Crippen molar-refractivity contribution < 1.29 is 4.92 Å². The van der Waals surface area contributed by atoms with Crippen molar-refractivity contribution in [3.8, 4) is 0 Å². The maximum Gasteiger partial charge on any atom is 0.269 e. The van der Waals surface area contributed by atoms with Crippen LogP contribution in [0.15, 0.2) is 47.6 Å². The van der Waals surface area contributed by atoms with Crippen LogP contribution in [0.5, 0.6) is 0 Å². The van der Waals surface area contributed by atoms with Crippen molar-refractivity contribution in [3.05, 3.63) is 63.7 Å². The van der Waals surface area contributed by atoms with Gasteiger partial charge in [-0.25, -0.2) is 0 Å². The second-order valence-electron chi connectivity index (χ2n) is 7.65. The molecule has 0 fully saturated rings. The van der Waals surface area contributed by atoms with E-state index in [2.05, 4.69) is 61.3 Å². The second-order valence-corrected chi connectivity index (χ2v) is 7.65. The van der Waals surface area contributed by atoms with E-state index >= 15 is 0 Å². The van der Waals surface area contributed by atoms with Crippen molar-refractivity contribution in [1.82, 2.24) is 0 Å².